The van der Waals surface area contributed by atoms with Gasteiger partial charge in [-0.2, -0.15) is 0 Å². The van der Waals surface area contributed by atoms with Gasteiger partial charge in [0.15, 0.2) is 0 Å². The third kappa shape index (κ3) is 5.09. The van der Waals surface area contributed by atoms with E-state index in [9.17, 15) is 9.90 Å². The Morgan fingerprint density at radius 3 is 2.91 bits per heavy atom. The minimum Gasteiger partial charge on any atom is -0.481 e. The van der Waals surface area contributed by atoms with Crippen molar-refractivity contribution in [1.82, 2.24) is 10.3 Å². The minimum absolute atomic E-state index is 0.279. The number of carboxylic acid groups (broad SMARTS) is 1. The van der Waals surface area contributed by atoms with Crippen molar-refractivity contribution in [3.8, 4) is 0 Å². The normalized spacial score (nSPS) is 23.4. The van der Waals surface area contributed by atoms with Gasteiger partial charge < -0.3 is 10.4 Å². The number of nitrogens with zero attached hydrogens (tertiary/aromatic N) is 1. The van der Waals surface area contributed by atoms with Gasteiger partial charge in [0.2, 0.25) is 0 Å². The van der Waals surface area contributed by atoms with Gasteiger partial charge in [-0.1, -0.05) is 26.3 Å². The van der Waals surface area contributed by atoms with Gasteiger partial charge >= 0.3 is 5.97 Å². The van der Waals surface area contributed by atoms with Gasteiger partial charge in [-0.15, -0.1) is 0 Å². The second kappa shape index (κ2) is 8.28. The number of hydrogen-bond donors (Lipinski definition) is 2. The van der Waals surface area contributed by atoms with Crippen LogP contribution in [0.5, 0.6) is 0 Å². The summed E-state index contributed by atoms with van der Waals surface area (Å²) in [5.74, 6) is 0.00492. The van der Waals surface area contributed by atoms with Crippen LogP contribution in [0.2, 0.25) is 0 Å². The van der Waals surface area contributed by atoms with Crippen LogP contribution in [0, 0.1) is 11.8 Å². The molecule has 1 heterocycles. The van der Waals surface area contributed by atoms with E-state index >= 15 is 0 Å². The summed E-state index contributed by atoms with van der Waals surface area (Å²) in [6, 6.07) is 4.57. The van der Waals surface area contributed by atoms with Crippen LogP contribution in [0.15, 0.2) is 24.5 Å². The van der Waals surface area contributed by atoms with Gasteiger partial charge in [0, 0.05) is 25.0 Å². The van der Waals surface area contributed by atoms with Crippen LogP contribution in [0.4, 0.5) is 0 Å². The molecule has 0 unspecified atom stereocenters. The molecule has 1 fully saturated rings. The topological polar surface area (TPSA) is 62.2 Å². The van der Waals surface area contributed by atoms with E-state index in [2.05, 4.69) is 30.2 Å². The molecular formula is C18H28N2O2. The molecule has 1 aliphatic carbocycles. The van der Waals surface area contributed by atoms with E-state index in [4.69, 9.17) is 0 Å². The average Bonchev–Trinajstić information content (AvgIpc) is 2.52. The molecule has 0 radical (unpaired) electrons. The largest absolute Gasteiger partial charge is 0.481 e. The molecule has 3 atom stereocenters. The molecule has 2 rings (SSSR count). The van der Waals surface area contributed by atoms with Crippen LogP contribution in [-0.4, -0.2) is 28.6 Å². The fourth-order valence-electron chi connectivity index (χ4n) is 3.44. The quantitative estimate of drug-likeness (QED) is 0.810. The van der Waals surface area contributed by atoms with Crippen molar-refractivity contribution in [2.45, 2.75) is 57.9 Å². The predicted molar refractivity (Wildman–Crippen MR) is 87.8 cm³/mol. The third-order valence-corrected chi connectivity index (χ3v) is 4.59. The first-order valence-corrected chi connectivity index (χ1v) is 8.42. The second-order valence-corrected chi connectivity index (χ2v) is 6.92. The van der Waals surface area contributed by atoms with Crippen molar-refractivity contribution in [2.75, 3.05) is 6.54 Å². The first kappa shape index (κ1) is 16.9. The Hall–Kier alpha value is -1.42. The van der Waals surface area contributed by atoms with Crippen molar-refractivity contribution < 1.29 is 9.90 Å². The Morgan fingerprint density at radius 1 is 1.45 bits per heavy atom. The smallest absolute Gasteiger partial charge is 0.307 e. The summed E-state index contributed by atoms with van der Waals surface area (Å²) < 4.78 is 0. The van der Waals surface area contributed by atoms with E-state index in [1.54, 1.807) is 0 Å². The first-order valence-electron chi connectivity index (χ1n) is 8.42. The van der Waals surface area contributed by atoms with Crippen LogP contribution in [-0.2, 0) is 4.79 Å². The molecule has 1 aromatic rings. The van der Waals surface area contributed by atoms with E-state index in [1.807, 2.05) is 18.5 Å². The Bertz CT molecular complexity index is 461. The lowest BCUT2D eigenvalue weighted by Gasteiger charge is -2.31. The average molecular weight is 304 g/mol. The lowest BCUT2D eigenvalue weighted by Crippen LogP contribution is -2.39. The number of carbonyl (C=O) groups is 1. The van der Waals surface area contributed by atoms with Crippen molar-refractivity contribution in [3.05, 3.63) is 30.1 Å². The van der Waals surface area contributed by atoms with Crippen LogP contribution in [0.1, 0.15) is 57.4 Å². The molecule has 0 spiro atoms. The maximum absolute atomic E-state index is 11.3. The Balaban J connectivity index is 1.86. The van der Waals surface area contributed by atoms with Crippen molar-refractivity contribution in [2.24, 2.45) is 11.8 Å². The number of pyridine rings is 1. The highest BCUT2D eigenvalue weighted by molar-refractivity contribution is 5.70. The molecule has 0 aliphatic heterocycles. The molecule has 2 N–H and O–H groups in total. The van der Waals surface area contributed by atoms with Crippen LogP contribution >= 0.6 is 0 Å². The number of carboxylic acids is 1. The molecule has 22 heavy (non-hydrogen) atoms. The zero-order valence-corrected chi connectivity index (χ0v) is 13.7. The van der Waals surface area contributed by atoms with Crippen LogP contribution in [0.3, 0.4) is 0 Å². The number of nitrogens with one attached hydrogen (secondary N) is 1. The van der Waals surface area contributed by atoms with E-state index in [1.165, 1.54) is 18.4 Å². The van der Waals surface area contributed by atoms with Crippen LogP contribution in [0.25, 0.3) is 0 Å². The van der Waals surface area contributed by atoms with Gasteiger partial charge in [-0.3, -0.25) is 9.78 Å². The molecule has 1 saturated carbocycles. The second-order valence-electron chi connectivity index (χ2n) is 6.92. The highest BCUT2D eigenvalue weighted by atomic mass is 16.4. The molecule has 4 nitrogen and oxygen atoms in total. The molecule has 4 heteroatoms. The number of aliphatic carboxylic acids is 1. The lowest BCUT2D eigenvalue weighted by molar-refractivity contribution is -0.142. The predicted octanol–water partition coefficient (Wildman–Crippen LogP) is 3.44. The van der Waals surface area contributed by atoms with E-state index < -0.39 is 5.97 Å². The summed E-state index contributed by atoms with van der Waals surface area (Å²) in [5.41, 5.74) is 1.31. The zero-order chi connectivity index (χ0) is 15.9. The SMILES string of the molecule is CC(C)C[C@H](CN[C@H]1CCC[C@@H](c2cccnc2)C1)C(=O)O. The molecular weight excluding hydrogens is 276 g/mol. The van der Waals surface area contributed by atoms with Crippen LogP contribution < -0.4 is 5.32 Å². The van der Waals surface area contributed by atoms with Crippen molar-refractivity contribution in [1.29, 1.82) is 0 Å². The first-order chi connectivity index (χ1) is 10.6. The molecule has 0 saturated heterocycles. The van der Waals surface area contributed by atoms with Crippen molar-refractivity contribution >= 4 is 5.97 Å². The zero-order valence-electron chi connectivity index (χ0n) is 13.7. The van der Waals surface area contributed by atoms with Gasteiger partial charge in [-0.05, 0) is 49.1 Å². The number of hydrogen-bond acceptors (Lipinski definition) is 3. The monoisotopic (exact) mass is 304 g/mol. The molecule has 0 amide bonds. The fourth-order valence-corrected chi connectivity index (χ4v) is 3.44. The van der Waals surface area contributed by atoms with E-state index in [0.29, 0.717) is 24.4 Å². The fraction of sp³-hybridized carbons (Fsp3) is 0.667. The summed E-state index contributed by atoms with van der Waals surface area (Å²) in [4.78, 5) is 15.6. The highest BCUT2D eigenvalue weighted by Crippen LogP contribution is 2.32. The number of rotatable bonds is 7. The maximum atomic E-state index is 11.3. The van der Waals surface area contributed by atoms with Gasteiger partial charge in [-0.25, -0.2) is 0 Å². The summed E-state index contributed by atoms with van der Waals surface area (Å²) in [6.45, 7) is 4.74. The summed E-state index contributed by atoms with van der Waals surface area (Å²) in [7, 11) is 0. The van der Waals surface area contributed by atoms with E-state index in [-0.39, 0.29) is 5.92 Å². The van der Waals surface area contributed by atoms with Gasteiger partial charge in [0.05, 0.1) is 5.92 Å². The lowest BCUT2D eigenvalue weighted by atomic mass is 9.81. The van der Waals surface area contributed by atoms with Crippen molar-refractivity contribution in [3.63, 3.8) is 0 Å². The summed E-state index contributed by atoms with van der Waals surface area (Å²) in [6.07, 6.45) is 9.14. The van der Waals surface area contributed by atoms with Gasteiger partial charge in [0.1, 0.15) is 0 Å². The molecule has 0 aromatic carbocycles. The molecule has 1 aliphatic rings. The maximum Gasteiger partial charge on any atom is 0.307 e. The number of aromatic nitrogens is 1. The van der Waals surface area contributed by atoms with E-state index in [0.717, 1.165) is 19.3 Å². The van der Waals surface area contributed by atoms with Gasteiger partial charge in [0.25, 0.3) is 0 Å². The Morgan fingerprint density at radius 2 is 2.27 bits per heavy atom. The minimum atomic E-state index is -0.680. The third-order valence-electron chi connectivity index (χ3n) is 4.59. The summed E-state index contributed by atoms with van der Waals surface area (Å²) >= 11 is 0. The summed E-state index contributed by atoms with van der Waals surface area (Å²) in [5, 5.41) is 12.8. The standard InChI is InChI=1S/C18H28N2O2/c1-13(2)9-16(18(21)22)12-20-17-7-3-5-14(10-17)15-6-4-8-19-11-15/h4,6,8,11,13-14,16-17,20H,3,5,7,9-10,12H2,1-2H3,(H,21,22)/t14-,16-,17+/m1/s1. The molecule has 0 bridgehead atoms. The highest BCUT2D eigenvalue weighted by Gasteiger charge is 2.25. The molecule has 1 aromatic heterocycles. The molecule has 122 valence electrons. The Labute approximate surface area is 133 Å². The Kier molecular flexibility index (Phi) is 6.37.